The molecule has 3 atom stereocenters. The summed E-state index contributed by atoms with van der Waals surface area (Å²) < 4.78 is 0. The van der Waals surface area contributed by atoms with Crippen molar-refractivity contribution in [2.45, 2.75) is 88.6 Å². The lowest BCUT2D eigenvalue weighted by atomic mass is 9.43. The summed E-state index contributed by atoms with van der Waals surface area (Å²) in [5.74, 6) is 6.47. The third-order valence-corrected chi connectivity index (χ3v) is 14.2. The number of aryl methyl sites for hydroxylation is 1. The van der Waals surface area contributed by atoms with Gasteiger partial charge < -0.3 is 15.5 Å². The highest BCUT2D eigenvalue weighted by Gasteiger charge is 2.59. The van der Waals surface area contributed by atoms with Crippen molar-refractivity contribution in [3.8, 4) is 0 Å². The van der Waals surface area contributed by atoms with Gasteiger partial charge in [-0.1, -0.05) is 36.4 Å². The molecule has 54 heavy (non-hydrogen) atoms. The lowest BCUT2D eigenvalue weighted by Crippen LogP contribution is -2.57. The maximum absolute atomic E-state index is 14.2. The first-order chi connectivity index (χ1) is 26.5. The number of anilines is 1. The number of amides is 1. The smallest absolute Gasteiger partial charge is 0.251 e. The Bertz CT molecular complexity index is 1700. The fourth-order valence-corrected chi connectivity index (χ4v) is 11.9. The lowest BCUT2D eigenvalue weighted by Gasteiger charge is -2.61. The molecule has 0 radical (unpaired) electrons. The molecule has 10 nitrogen and oxygen atoms in total. The molecule has 9 rings (SSSR count). The van der Waals surface area contributed by atoms with E-state index < -0.39 is 0 Å². The summed E-state index contributed by atoms with van der Waals surface area (Å²) in [6.45, 7) is 6.93. The van der Waals surface area contributed by atoms with Crippen LogP contribution in [-0.4, -0.2) is 93.1 Å². The van der Waals surface area contributed by atoms with E-state index in [0.717, 1.165) is 86.0 Å². The van der Waals surface area contributed by atoms with Crippen LogP contribution in [0.15, 0.2) is 60.0 Å². The molecule has 3 unspecified atom stereocenters. The second-order valence-corrected chi connectivity index (χ2v) is 17.8. The van der Waals surface area contributed by atoms with E-state index in [1.807, 2.05) is 54.9 Å². The molecule has 2 saturated heterocycles. The van der Waals surface area contributed by atoms with E-state index in [1.165, 1.54) is 58.0 Å². The normalized spacial score (nSPS) is 28.2. The number of ketones is 1. The minimum Gasteiger partial charge on any atom is -0.368 e. The average Bonchev–Trinajstić information content (AvgIpc) is 3.19. The summed E-state index contributed by atoms with van der Waals surface area (Å²) in [5, 5.41) is 7.06. The highest BCUT2D eigenvalue weighted by Crippen LogP contribution is 2.64. The molecule has 1 aromatic carbocycles. The maximum Gasteiger partial charge on any atom is 0.251 e. The van der Waals surface area contributed by atoms with Crippen LogP contribution in [0.25, 0.3) is 0 Å². The van der Waals surface area contributed by atoms with Crippen LogP contribution in [0.4, 0.5) is 5.82 Å². The Hall–Kier alpha value is -3.41. The third kappa shape index (κ3) is 9.16. The van der Waals surface area contributed by atoms with E-state index in [4.69, 9.17) is 9.97 Å². The van der Waals surface area contributed by atoms with E-state index in [1.54, 1.807) is 11.8 Å². The van der Waals surface area contributed by atoms with Crippen molar-refractivity contribution in [2.24, 2.45) is 35.0 Å². The van der Waals surface area contributed by atoms with E-state index in [0.29, 0.717) is 54.5 Å². The molecule has 4 saturated carbocycles. The summed E-state index contributed by atoms with van der Waals surface area (Å²) in [7, 11) is 0. The van der Waals surface area contributed by atoms with E-state index >= 15 is 0 Å². The molecule has 2 N–H and O–H groups in total. The Morgan fingerprint density at radius 2 is 1.63 bits per heavy atom. The number of carbonyl (C=O) groups is 2. The Kier molecular flexibility index (Phi) is 12.2. The van der Waals surface area contributed by atoms with Crippen molar-refractivity contribution in [3.63, 3.8) is 0 Å². The van der Waals surface area contributed by atoms with Gasteiger partial charge >= 0.3 is 0 Å². The van der Waals surface area contributed by atoms with Gasteiger partial charge in [-0.05, 0) is 144 Å². The minimum atomic E-state index is -0.138. The fourth-order valence-electron chi connectivity index (χ4n) is 11.1. The summed E-state index contributed by atoms with van der Waals surface area (Å²) in [6, 6.07) is 13.1. The van der Waals surface area contributed by atoms with Gasteiger partial charge in [-0.15, -0.1) is 0 Å². The van der Waals surface area contributed by atoms with Gasteiger partial charge in [0.2, 0.25) is 0 Å². The first-order valence-corrected chi connectivity index (χ1v) is 21.8. The number of aromatic nitrogens is 4. The second-order valence-electron chi connectivity index (χ2n) is 16.9. The Morgan fingerprint density at radius 3 is 2.46 bits per heavy atom. The van der Waals surface area contributed by atoms with E-state index in [9.17, 15) is 9.59 Å². The number of rotatable bonds is 16. The van der Waals surface area contributed by atoms with Crippen LogP contribution in [0.2, 0.25) is 0 Å². The molecule has 0 spiro atoms. The predicted octanol–water partition coefficient (Wildman–Crippen LogP) is 6.54. The van der Waals surface area contributed by atoms with Gasteiger partial charge in [0, 0.05) is 55.8 Å². The summed E-state index contributed by atoms with van der Waals surface area (Å²) in [6.07, 6.45) is 18.6. The SMILES string of the molecule is O=C(NCCNc1ccnc(SCN2CCCC(C3C4CC5CC3CC(C(=O)Cc3ccnc(CCCN6CCCCC6)n3)(C5)C4)C2)n1)c1ccccc1. The molecule has 11 heteroatoms. The number of Topliss-reactive ketones (excluding diaryl/α,β-unsaturated/α-hetero) is 1. The Labute approximate surface area is 325 Å². The molecule has 3 aromatic rings. The van der Waals surface area contributed by atoms with Gasteiger partial charge in [-0.2, -0.15) is 0 Å². The van der Waals surface area contributed by atoms with Crippen LogP contribution in [-0.2, 0) is 17.6 Å². The zero-order valence-corrected chi connectivity index (χ0v) is 32.7. The van der Waals surface area contributed by atoms with Crippen molar-refractivity contribution in [2.75, 3.05) is 57.0 Å². The van der Waals surface area contributed by atoms with Gasteiger partial charge in [-0.25, -0.2) is 19.9 Å². The highest BCUT2D eigenvalue weighted by atomic mass is 32.2. The molecular weight excluding hydrogens is 693 g/mol. The van der Waals surface area contributed by atoms with Crippen molar-refractivity contribution >= 4 is 29.3 Å². The summed E-state index contributed by atoms with van der Waals surface area (Å²) in [5.41, 5.74) is 1.45. The molecule has 288 valence electrons. The van der Waals surface area contributed by atoms with Crippen LogP contribution >= 0.6 is 11.8 Å². The molecule has 4 bridgehead atoms. The topological polar surface area (TPSA) is 116 Å². The highest BCUT2D eigenvalue weighted by molar-refractivity contribution is 7.99. The molecule has 6 aliphatic rings. The average molecular weight is 751 g/mol. The standard InChI is InChI=1S/C43H58N8O2S/c52-37(25-36-13-15-44-38(48-36)12-8-21-50-19-5-2-6-20-50)43-26-31-23-34(27-43)40(35(24-31)28-43)33-11-7-22-51(29-33)30-54-42-47-16-14-39(49-42)45-17-18-46-41(53)32-9-3-1-4-10-32/h1,3-4,9-10,13-16,31,33-35,40H,2,5-8,11-12,17-30H2,(H,46,53)(H,45,47,49). The molecule has 4 aliphatic carbocycles. The lowest BCUT2D eigenvalue weighted by molar-refractivity contribution is -0.156. The van der Waals surface area contributed by atoms with Crippen molar-refractivity contribution in [1.29, 1.82) is 0 Å². The van der Waals surface area contributed by atoms with Crippen molar-refractivity contribution in [1.82, 2.24) is 35.1 Å². The van der Waals surface area contributed by atoms with Gasteiger partial charge in [0.1, 0.15) is 17.4 Å². The maximum atomic E-state index is 14.2. The number of likely N-dealkylation sites (tertiary alicyclic amines) is 2. The zero-order valence-electron chi connectivity index (χ0n) is 31.8. The van der Waals surface area contributed by atoms with E-state index in [-0.39, 0.29) is 11.3 Å². The van der Waals surface area contributed by atoms with Crippen molar-refractivity contribution in [3.05, 3.63) is 71.9 Å². The van der Waals surface area contributed by atoms with Gasteiger partial charge in [0.05, 0.1) is 11.6 Å². The number of piperidine rings is 2. The number of nitrogens with one attached hydrogen (secondary N) is 2. The number of nitrogens with zero attached hydrogens (tertiary/aromatic N) is 6. The Morgan fingerprint density at radius 1 is 0.833 bits per heavy atom. The third-order valence-electron chi connectivity index (χ3n) is 13.2. The molecule has 4 heterocycles. The zero-order chi connectivity index (χ0) is 36.7. The monoisotopic (exact) mass is 750 g/mol. The number of hydrogen-bond donors (Lipinski definition) is 2. The molecular formula is C43H58N8O2S. The number of carbonyl (C=O) groups excluding carboxylic acids is 2. The van der Waals surface area contributed by atoms with Crippen molar-refractivity contribution < 1.29 is 9.59 Å². The quantitative estimate of drug-likeness (QED) is 0.0950. The molecule has 2 aliphatic heterocycles. The van der Waals surface area contributed by atoms with Crippen LogP contribution in [0, 0.1) is 35.0 Å². The minimum absolute atomic E-state index is 0.0706. The number of thioether (sulfide) groups is 1. The summed E-state index contributed by atoms with van der Waals surface area (Å²) >= 11 is 1.71. The van der Waals surface area contributed by atoms with Crippen LogP contribution in [0.3, 0.4) is 0 Å². The number of benzene rings is 1. The molecule has 2 aromatic heterocycles. The van der Waals surface area contributed by atoms with Gasteiger partial charge in [0.15, 0.2) is 5.16 Å². The molecule has 6 fully saturated rings. The first kappa shape index (κ1) is 37.5. The predicted molar refractivity (Wildman–Crippen MR) is 213 cm³/mol. The van der Waals surface area contributed by atoms with E-state index in [2.05, 4.69) is 30.4 Å². The van der Waals surface area contributed by atoms with Gasteiger partial charge in [0.25, 0.3) is 5.91 Å². The van der Waals surface area contributed by atoms with Crippen LogP contribution in [0.1, 0.15) is 92.5 Å². The Balaban J connectivity index is 0.804. The number of hydrogen-bond acceptors (Lipinski definition) is 10. The second kappa shape index (κ2) is 17.6. The van der Waals surface area contributed by atoms with Crippen LogP contribution < -0.4 is 10.6 Å². The van der Waals surface area contributed by atoms with Gasteiger partial charge in [-0.3, -0.25) is 14.5 Å². The fraction of sp³-hybridized carbons (Fsp3) is 0.628. The first-order valence-electron chi connectivity index (χ1n) is 20.8. The van der Waals surface area contributed by atoms with Crippen LogP contribution in [0.5, 0.6) is 0 Å². The largest absolute Gasteiger partial charge is 0.368 e. The molecule has 1 amide bonds. The summed E-state index contributed by atoms with van der Waals surface area (Å²) in [4.78, 5) is 50.5.